The van der Waals surface area contributed by atoms with Crippen molar-refractivity contribution in [3.63, 3.8) is 0 Å². The van der Waals surface area contributed by atoms with Gasteiger partial charge in [-0.05, 0) is 68.7 Å². The van der Waals surface area contributed by atoms with Crippen molar-refractivity contribution in [2.45, 2.75) is 52.1 Å². The highest BCUT2D eigenvalue weighted by Gasteiger charge is 2.64. The molecular weight excluding hydrogens is 561 g/mol. The third-order valence-electron chi connectivity index (χ3n) is 7.78. The van der Waals surface area contributed by atoms with Crippen molar-refractivity contribution in [1.82, 2.24) is 14.5 Å². The molecule has 4 heterocycles. The molecule has 2 aromatic heterocycles. The Bertz CT molecular complexity index is 1760. The normalized spacial score (nSPS) is 17.6. The Morgan fingerprint density at radius 1 is 0.951 bits per heavy atom. The Balaban J connectivity index is 1.72. The summed E-state index contributed by atoms with van der Waals surface area (Å²) in [6.07, 6.45) is 0. The smallest absolute Gasteiger partial charge is 0.280 e. The molecule has 0 radical (unpaired) electrons. The van der Waals surface area contributed by atoms with E-state index in [2.05, 4.69) is 19.2 Å². The van der Waals surface area contributed by atoms with E-state index < -0.39 is 11.4 Å². The van der Waals surface area contributed by atoms with Gasteiger partial charge in [0.15, 0.2) is 11.2 Å². The molecule has 0 saturated carbocycles. The highest BCUT2D eigenvalue weighted by atomic mass is 35.5. The van der Waals surface area contributed by atoms with E-state index in [0.29, 0.717) is 49.9 Å². The maximum absolute atomic E-state index is 14.5. The number of hydrogen-bond donors (Lipinski definition) is 1. The minimum Gasteiger partial charge on any atom is -0.480 e. The number of pyridine rings is 1. The van der Waals surface area contributed by atoms with Crippen LogP contribution in [0.5, 0.6) is 5.88 Å². The molecular formula is C31H29Cl2N5O3. The van der Waals surface area contributed by atoms with E-state index in [4.69, 9.17) is 37.9 Å². The zero-order valence-electron chi connectivity index (χ0n) is 23.5. The number of nitrogens with zero attached hydrogens (tertiary/aromatic N) is 4. The van der Waals surface area contributed by atoms with Crippen LogP contribution < -0.4 is 15.0 Å². The Morgan fingerprint density at radius 2 is 1.66 bits per heavy atom. The largest absolute Gasteiger partial charge is 0.480 e. The number of rotatable bonds is 5. The first-order valence-corrected chi connectivity index (χ1v) is 14.2. The molecule has 2 aromatic carbocycles. The summed E-state index contributed by atoms with van der Waals surface area (Å²) >= 11 is 12.8. The highest BCUT2D eigenvalue weighted by Crippen LogP contribution is 2.55. The molecule has 0 aliphatic carbocycles. The van der Waals surface area contributed by atoms with Crippen molar-refractivity contribution in [3.8, 4) is 17.3 Å². The molecule has 210 valence electrons. The molecule has 0 bridgehead atoms. The Morgan fingerprint density at radius 3 is 2.34 bits per heavy atom. The summed E-state index contributed by atoms with van der Waals surface area (Å²) in [5.74, 6) is 0.297. The predicted octanol–water partition coefficient (Wildman–Crippen LogP) is 7.13. The van der Waals surface area contributed by atoms with E-state index in [1.54, 1.807) is 37.4 Å². The number of amides is 2. The number of carbonyl (C=O) groups is 2. The number of imidazole rings is 1. The van der Waals surface area contributed by atoms with Crippen LogP contribution >= 0.6 is 23.2 Å². The first-order chi connectivity index (χ1) is 19.5. The molecule has 2 aliphatic rings. The van der Waals surface area contributed by atoms with Crippen LogP contribution in [0, 0.1) is 6.92 Å². The van der Waals surface area contributed by atoms with Crippen molar-refractivity contribution in [2.24, 2.45) is 0 Å². The Hall–Kier alpha value is -3.88. The summed E-state index contributed by atoms with van der Waals surface area (Å²) in [6, 6.07) is 14.2. The molecule has 1 atom stereocenters. The number of hydrogen-bond acceptors (Lipinski definition) is 5. The lowest BCUT2D eigenvalue weighted by Gasteiger charge is -2.36. The molecule has 2 amide bonds. The highest BCUT2D eigenvalue weighted by molar-refractivity contribution is 6.32. The van der Waals surface area contributed by atoms with Gasteiger partial charge in [0.2, 0.25) is 5.88 Å². The van der Waals surface area contributed by atoms with E-state index >= 15 is 0 Å². The number of ether oxygens (including phenoxy) is 1. The van der Waals surface area contributed by atoms with Gasteiger partial charge in [0.25, 0.3) is 11.8 Å². The van der Waals surface area contributed by atoms with E-state index in [1.807, 2.05) is 43.5 Å². The second-order valence-corrected chi connectivity index (χ2v) is 11.8. The molecule has 4 aromatic rings. The number of benzene rings is 2. The van der Waals surface area contributed by atoms with Gasteiger partial charge < -0.3 is 14.6 Å². The number of anilines is 2. The summed E-state index contributed by atoms with van der Waals surface area (Å²) in [7, 11) is 1.56. The zero-order valence-corrected chi connectivity index (χ0v) is 25.1. The van der Waals surface area contributed by atoms with Gasteiger partial charge in [0.1, 0.15) is 5.82 Å². The molecule has 8 nitrogen and oxygen atoms in total. The monoisotopic (exact) mass is 589 g/mol. The molecule has 2 aliphatic heterocycles. The molecule has 6 rings (SSSR count). The Kier molecular flexibility index (Phi) is 6.39. The summed E-state index contributed by atoms with van der Waals surface area (Å²) < 4.78 is 7.66. The van der Waals surface area contributed by atoms with Gasteiger partial charge in [-0.1, -0.05) is 49.2 Å². The molecule has 10 heteroatoms. The second kappa shape index (κ2) is 9.60. The lowest BCUT2D eigenvalue weighted by Crippen LogP contribution is -2.51. The number of halogens is 2. The number of methoxy groups -OCH3 is 1. The minimum atomic E-state index is -1.56. The van der Waals surface area contributed by atoms with Gasteiger partial charge >= 0.3 is 0 Å². The van der Waals surface area contributed by atoms with E-state index in [0.717, 1.165) is 11.3 Å². The van der Waals surface area contributed by atoms with Crippen molar-refractivity contribution < 1.29 is 14.3 Å². The van der Waals surface area contributed by atoms with Crippen molar-refractivity contribution in [2.75, 3.05) is 17.3 Å². The van der Waals surface area contributed by atoms with Crippen LogP contribution in [0.1, 0.15) is 72.7 Å². The number of aromatic nitrogens is 3. The standard InChI is InChI=1S/C31H29Cl2N5O3/c1-15(2)22-12-10-20(28(34-22)41-6)27-36-25-26(37(27)16(3)4)31(21-11-9-18(32)13-23(21)35-30(31)40)38(29(25)39)24-14-19(33)8-7-17(24)5/h7-16H,1-6H3,(H,35,40). The summed E-state index contributed by atoms with van der Waals surface area (Å²) in [5.41, 5.74) is 3.04. The van der Waals surface area contributed by atoms with Gasteiger partial charge in [-0.2, -0.15) is 0 Å². The van der Waals surface area contributed by atoms with Gasteiger partial charge in [0, 0.05) is 33.0 Å². The van der Waals surface area contributed by atoms with Gasteiger partial charge in [0.05, 0.1) is 24.1 Å². The lowest BCUT2D eigenvalue weighted by molar-refractivity contribution is -0.119. The molecule has 1 spiro atoms. The molecule has 0 fully saturated rings. The van der Waals surface area contributed by atoms with Gasteiger partial charge in [-0.25, -0.2) is 9.97 Å². The fourth-order valence-electron chi connectivity index (χ4n) is 5.93. The first kappa shape index (κ1) is 27.3. The average molecular weight is 591 g/mol. The van der Waals surface area contributed by atoms with Crippen LogP contribution in [-0.2, 0) is 10.3 Å². The van der Waals surface area contributed by atoms with E-state index in [-0.39, 0.29) is 23.6 Å². The maximum atomic E-state index is 14.5. The Labute approximate surface area is 248 Å². The molecule has 1 unspecified atom stereocenters. The number of aryl methyl sites for hydroxylation is 1. The van der Waals surface area contributed by atoms with Gasteiger partial charge in [-0.3, -0.25) is 14.5 Å². The SMILES string of the molecule is COc1nc(C(C)C)ccc1-c1nc2c(n1C(C)C)C1(C(=O)Nc3cc(Cl)ccc31)N(c1cc(Cl)ccc1C)C2=O. The second-order valence-electron chi connectivity index (χ2n) is 11.0. The number of carbonyl (C=O) groups excluding carboxylic acids is 2. The van der Waals surface area contributed by atoms with E-state index in [1.165, 1.54) is 4.90 Å². The van der Waals surface area contributed by atoms with Gasteiger partial charge in [-0.15, -0.1) is 0 Å². The van der Waals surface area contributed by atoms with Crippen molar-refractivity contribution >= 4 is 46.4 Å². The average Bonchev–Trinajstić information content (AvgIpc) is 3.53. The minimum absolute atomic E-state index is 0.181. The van der Waals surface area contributed by atoms with Crippen LogP contribution in [0.2, 0.25) is 10.0 Å². The van der Waals surface area contributed by atoms with Crippen LogP contribution in [0.3, 0.4) is 0 Å². The van der Waals surface area contributed by atoms with Crippen LogP contribution in [0.25, 0.3) is 11.4 Å². The summed E-state index contributed by atoms with van der Waals surface area (Å²) in [5, 5.41) is 3.91. The zero-order chi connectivity index (χ0) is 29.4. The molecule has 0 saturated heterocycles. The van der Waals surface area contributed by atoms with Crippen LogP contribution in [0.4, 0.5) is 11.4 Å². The first-order valence-electron chi connectivity index (χ1n) is 13.4. The fourth-order valence-corrected chi connectivity index (χ4v) is 6.27. The molecule has 1 N–H and O–H groups in total. The molecule has 41 heavy (non-hydrogen) atoms. The third-order valence-corrected chi connectivity index (χ3v) is 8.25. The number of fused-ring (bicyclic) bond motifs is 4. The van der Waals surface area contributed by atoms with Crippen molar-refractivity contribution in [3.05, 3.63) is 86.8 Å². The topological polar surface area (TPSA) is 89.3 Å². The lowest BCUT2D eigenvalue weighted by atomic mass is 9.86. The summed E-state index contributed by atoms with van der Waals surface area (Å²) in [6.45, 7) is 9.99. The maximum Gasteiger partial charge on any atom is 0.280 e. The van der Waals surface area contributed by atoms with Crippen LogP contribution in [0.15, 0.2) is 48.5 Å². The van der Waals surface area contributed by atoms with Crippen LogP contribution in [-0.4, -0.2) is 33.5 Å². The number of nitrogens with one attached hydrogen (secondary N) is 1. The third kappa shape index (κ3) is 3.81. The summed E-state index contributed by atoms with van der Waals surface area (Å²) in [4.78, 5) is 40.1. The van der Waals surface area contributed by atoms with Crippen molar-refractivity contribution in [1.29, 1.82) is 0 Å². The van der Waals surface area contributed by atoms with E-state index in [9.17, 15) is 9.59 Å². The fraction of sp³-hybridized carbons (Fsp3) is 0.290. The predicted molar refractivity (Wildman–Crippen MR) is 160 cm³/mol. The quantitative estimate of drug-likeness (QED) is 0.267.